The summed E-state index contributed by atoms with van der Waals surface area (Å²) in [6.45, 7) is 0. The molecular weight excluding hydrogens is 344 g/mol. The highest BCUT2D eigenvalue weighted by atomic mass is 35.5. The molecule has 0 aliphatic carbocycles. The smallest absolute Gasteiger partial charge is 0.320 e. The lowest BCUT2D eigenvalue weighted by molar-refractivity contribution is -0.158. The summed E-state index contributed by atoms with van der Waals surface area (Å²) in [7, 11) is 2.31. The van der Waals surface area contributed by atoms with Crippen molar-refractivity contribution in [3.63, 3.8) is 0 Å². The van der Waals surface area contributed by atoms with Gasteiger partial charge in [-0.05, 0) is 23.3 Å². The van der Waals surface area contributed by atoms with Crippen molar-refractivity contribution in [2.24, 2.45) is 5.92 Å². The van der Waals surface area contributed by atoms with Crippen LogP contribution in [-0.4, -0.2) is 31.9 Å². The molecule has 0 amide bonds. The summed E-state index contributed by atoms with van der Waals surface area (Å²) in [5.41, 5.74) is 2.28. The zero-order chi connectivity index (χ0) is 18.4. The van der Waals surface area contributed by atoms with Gasteiger partial charge >= 0.3 is 11.9 Å². The van der Waals surface area contributed by atoms with Crippen LogP contribution in [0, 0.1) is 5.92 Å². The summed E-state index contributed by atoms with van der Waals surface area (Å²) in [6, 6.07) is 14.2. The van der Waals surface area contributed by atoms with Gasteiger partial charge in [-0.2, -0.15) is 0 Å². The van der Waals surface area contributed by atoms with Gasteiger partial charge in [-0.25, -0.2) is 0 Å². The molecule has 0 fully saturated rings. The summed E-state index contributed by atoms with van der Waals surface area (Å²) >= 11 is 5.87. The average molecular weight is 361 g/mol. The van der Waals surface area contributed by atoms with E-state index in [1.54, 1.807) is 36.4 Å². The standard InChI is InChI=1S/C19H17ClO5/c1-24-18(22)16(19(23)25-2)11-17(21)14-5-3-12(4-6-14)13-7-9-15(20)10-8-13/h3-10,16H,11H2,1-2H3. The van der Waals surface area contributed by atoms with Gasteiger partial charge in [-0.15, -0.1) is 0 Å². The van der Waals surface area contributed by atoms with E-state index in [1.807, 2.05) is 12.1 Å². The first-order chi connectivity index (χ1) is 12.0. The molecule has 0 aromatic heterocycles. The normalized spacial score (nSPS) is 10.4. The minimum atomic E-state index is -1.27. The fourth-order valence-corrected chi connectivity index (χ4v) is 2.47. The summed E-state index contributed by atoms with van der Waals surface area (Å²) in [4.78, 5) is 35.7. The van der Waals surface area contributed by atoms with Gasteiger partial charge in [0.15, 0.2) is 11.7 Å². The molecule has 2 rings (SSSR count). The van der Waals surface area contributed by atoms with Crippen LogP contribution < -0.4 is 0 Å². The van der Waals surface area contributed by atoms with E-state index in [4.69, 9.17) is 11.6 Å². The van der Waals surface area contributed by atoms with E-state index >= 15 is 0 Å². The van der Waals surface area contributed by atoms with E-state index in [-0.39, 0.29) is 12.2 Å². The third-order valence-corrected chi connectivity index (χ3v) is 4.00. The number of ketones is 1. The van der Waals surface area contributed by atoms with Gasteiger partial charge in [0.25, 0.3) is 0 Å². The van der Waals surface area contributed by atoms with Crippen molar-refractivity contribution < 1.29 is 23.9 Å². The van der Waals surface area contributed by atoms with Gasteiger partial charge in [0, 0.05) is 17.0 Å². The number of rotatable bonds is 6. The first-order valence-electron chi connectivity index (χ1n) is 7.51. The molecule has 0 N–H and O–H groups in total. The Morgan fingerprint density at radius 3 is 1.72 bits per heavy atom. The first-order valence-corrected chi connectivity index (χ1v) is 7.89. The quantitative estimate of drug-likeness (QED) is 0.447. The van der Waals surface area contributed by atoms with Crippen LogP contribution in [0.15, 0.2) is 48.5 Å². The van der Waals surface area contributed by atoms with E-state index in [0.29, 0.717) is 10.6 Å². The molecule has 0 saturated carbocycles. The van der Waals surface area contributed by atoms with Crippen molar-refractivity contribution in [1.82, 2.24) is 0 Å². The number of Topliss-reactive ketones (excluding diaryl/α,β-unsaturated/α-hetero) is 1. The maximum atomic E-state index is 12.4. The minimum Gasteiger partial charge on any atom is -0.468 e. The van der Waals surface area contributed by atoms with E-state index < -0.39 is 17.9 Å². The summed E-state index contributed by atoms with van der Waals surface area (Å²) in [5, 5.41) is 0.646. The monoisotopic (exact) mass is 360 g/mol. The van der Waals surface area contributed by atoms with E-state index in [9.17, 15) is 14.4 Å². The van der Waals surface area contributed by atoms with Gasteiger partial charge < -0.3 is 9.47 Å². The summed E-state index contributed by atoms with van der Waals surface area (Å²) in [5.74, 6) is -3.20. The van der Waals surface area contributed by atoms with Crippen molar-refractivity contribution in [2.75, 3.05) is 14.2 Å². The van der Waals surface area contributed by atoms with Crippen molar-refractivity contribution in [3.05, 3.63) is 59.1 Å². The van der Waals surface area contributed by atoms with Gasteiger partial charge in [-0.3, -0.25) is 14.4 Å². The number of esters is 2. The molecule has 0 heterocycles. The first kappa shape index (κ1) is 18.7. The van der Waals surface area contributed by atoms with Crippen LogP contribution in [0.5, 0.6) is 0 Å². The third kappa shape index (κ3) is 4.67. The number of hydrogen-bond donors (Lipinski definition) is 0. The van der Waals surface area contributed by atoms with Gasteiger partial charge in [0.2, 0.25) is 0 Å². The molecule has 2 aromatic carbocycles. The Bertz CT molecular complexity index is 749. The zero-order valence-corrected chi connectivity index (χ0v) is 14.6. The van der Waals surface area contributed by atoms with Crippen molar-refractivity contribution in [3.8, 4) is 11.1 Å². The second kappa shape index (κ2) is 8.44. The number of benzene rings is 2. The number of methoxy groups -OCH3 is 2. The van der Waals surface area contributed by atoms with E-state index in [2.05, 4.69) is 9.47 Å². The topological polar surface area (TPSA) is 69.7 Å². The van der Waals surface area contributed by atoms with Crippen LogP contribution in [0.1, 0.15) is 16.8 Å². The fraction of sp³-hybridized carbons (Fsp3) is 0.211. The Hall–Kier alpha value is -2.66. The average Bonchev–Trinajstić information content (AvgIpc) is 2.65. The van der Waals surface area contributed by atoms with E-state index in [0.717, 1.165) is 25.3 Å². The molecule has 25 heavy (non-hydrogen) atoms. The van der Waals surface area contributed by atoms with Crippen LogP contribution >= 0.6 is 11.6 Å². The molecule has 0 spiro atoms. The number of carbonyl (C=O) groups is 3. The maximum Gasteiger partial charge on any atom is 0.320 e. The third-order valence-electron chi connectivity index (χ3n) is 3.75. The lowest BCUT2D eigenvalue weighted by Crippen LogP contribution is -2.28. The molecule has 130 valence electrons. The molecule has 0 aliphatic rings. The molecule has 0 unspecified atom stereocenters. The molecule has 5 nitrogen and oxygen atoms in total. The number of halogens is 1. The van der Waals surface area contributed by atoms with Crippen LogP contribution in [-0.2, 0) is 19.1 Å². The highest BCUT2D eigenvalue weighted by Crippen LogP contribution is 2.23. The van der Waals surface area contributed by atoms with Gasteiger partial charge in [0.1, 0.15) is 0 Å². The highest BCUT2D eigenvalue weighted by molar-refractivity contribution is 6.30. The Kier molecular flexibility index (Phi) is 6.31. The number of carbonyl (C=O) groups excluding carboxylic acids is 3. The second-order valence-corrected chi connectivity index (χ2v) is 5.75. The largest absolute Gasteiger partial charge is 0.468 e. The molecule has 0 radical (unpaired) electrons. The fourth-order valence-electron chi connectivity index (χ4n) is 2.34. The molecule has 0 atom stereocenters. The Balaban J connectivity index is 2.15. The Labute approximate surface area is 150 Å². The van der Waals surface area contributed by atoms with Crippen LogP contribution in [0.3, 0.4) is 0 Å². The molecule has 6 heteroatoms. The second-order valence-electron chi connectivity index (χ2n) is 5.31. The summed E-state index contributed by atoms with van der Waals surface area (Å²) < 4.78 is 9.11. The highest BCUT2D eigenvalue weighted by Gasteiger charge is 2.31. The predicted molar refractivity (Wildman–Crippen MR) is 93.4 cm³/mol. The molecule has 0 aliphatic heterocycles. The predicted octanol–water partition coefficient (Wildman–Crippen LogP) is 3.54. The van der Waals surface area contributed by atoms with Gasteiger partial charge in [-0.1, -0.05) is 48.0 Å². The molecular formula is C19H17ClO5. The van der Waals surface area contributed by atoms with Crippen LogP contribution in [0.25, 0.3) is 11.1 Å². The Morgan fingerprint density at radius 1 is 0.840 bits per heavy atom. The molecule has 2 aromatic rings. The number of hydrogen-bond acceptors (Lipinski definition) is 5. The molecule has 0 bridgehead atoms. The van der Waals surface area contributed by atoms with Crippen molar-refractivity contribution in [2.45, 2.75) is 6.42 Å². The lowest BCUT2D eigenvalue weighted by atomic mass is 9.96. The van der Waals surface area contributed by atoms with Crippen molar-refractivity contribution in [1.29, 1.82) is 0 Å². The van der Waals surface area contributed by atoms with E-state index in [1.165, 1.54) is 0 Å². The van der Waals surface area contributed by atoms with Crippen LogP contribution in [0.4, 0.5) is 0 Å². The zero-order valence-electron chi connectivity index (χ0n) is 13.8. The number of ether oxygens (including phenoxy) is 2. The van der Waals surface area contributed by atoms with Crippen molar-refractivity contribution >= 4 is 29.3 Å². The Morgan fingerprint density at radius 2 is 1.28 bits per heavy atom. The molecule has 0 saturated heterocycles. The van der Waals surface area contributed by atoms with Crippen LogP contribution in [0.2, 0.25) is 5.02 Å². The lowest BCUT2D eigenvalue weighted by Gasteiger charge is -2.11. The SMILES string of the molecule is COC(=O)C(CC(=O)c1ccc(-c2ccc(Cl)cc2)cc1)C(=O)OC. The summed E-state index contributed by atoms with van der Waals surface area (Å²) in [6.07, 6.45) is -0.306. The van der Waals surface area contributed by atoms with Gasteiger partial charge in [0.05, 0.1) is 14.2 Å². The maximum absolute atomic E-state index is 12.4. The minimum absolute atomic E-state index is 0.306.